The maximum atomic E-state index is 12.4. The molecule has 136 valence electrons. The predicted octanol–water partition coefficient (Wildman–Crippen LogP) is 3.27. The van der Waals surface area contributed by atoms with Gasteiger partial charge in [0.2, 0.25) is 0 Å². The minimum atomic E-state index is -0.340. The highest BCUT2D eigenvalue weighted by atomic mass is 16.6. The van der Waals surface area contributed by atoms with Crippen LogP contribution in [0.15, 0.2) is 60.9 Å². The molecule has 7 heteroatoms. The fourth-order valence-electron chi connectivity index (χ4n) is 2.71. The third-order valence-electron chi connectivity index (χ3n) is 4.16. The van der Waals surface area contributed by atoms with Crippen LogP contribution in [-0.2, 0) is 0 Å². The van der Waals surface area contributed by atoms with Gasteiger partial charge in [0.25, 0.3) is 5.91 Å². The van der Waals surface area contributed by atoms with Crippen LogP contribution in [0.4, 0.5) is 17.2 Å². The van der Waals surface area contributed by atoms with Crippen molar-refractivity contribution in [3.8, 4) is 11.5 Å². The summed E-state index contributed by atoms with van der Waals surface area (Å²) in [5, 5.41) is 2.80. The van der Waals surface area contributed by atoms with Crippen LogP contribution in [0.25, 0.3) is 0 Å². The van der Waals surface area contributed by atoms with Crippen LogP contribution in [0.2, 0.25) is 0 Å². The molecule has 3 aromatic rings. The van der Waals surface area contributed by atoms with Gasteiger partial charge in [0.1, 0.15) is 18.9 Å². The molecule has 1 aromatic heterocycles. The highest BCUT2D eigenvalue weighted by molar-refractivity contribution is 6.02. The molecule has 1 aliphatic rings. The van der Waals surface area contributed by atoms with E-state index in [2.05, 4.69) is 15.3 Å². The minimum absolute atomic E-state index is 0.232. The van der Waals surface area contributed by atoms with Crippen molar-refractivity contribution in [3.63, 3.8) is 0 Å². The van der Waals surface area contributed by atoms with Crippen LogP contribution < -0.4 is 19.7 Å². The molecule has 1 aliphatic heterocycles. The van der Waals surface area contributed by atoms with Crippen molar-refractivity contribution in [3.05, 3.63) is 66.6 Å². The van der Waals surface area contributed by atoms with Gasteiger partial charge in [0.05, 0.1) is 12.4 Å². The number of nitrogens with one attached hydrogen (secondary N) is 1. The van der Waals surface area contributed by atoms with E-state index in [9.17, 15) is 4.79 Å². The number of para-hydroxylation sites is 1. The van der Waals surface area contributed by atoms with Crippen LogP contribution in [0.3, 0.4) is 0 Å². The van der Waals surface area contributed by atoms with E-state index in [4.69, 9.17) is 9.47 Å². The molecule has 0 atom stereocenters. The van der Waals surface area contributed by atoms with E-state index in [1.165, 1.54) is 6.20 Å². The summed E-state index contributed by atoms with van der Waals surface area (Å²) in [6, 6.07) is 15.1. The molecule has 0 bridgehead atoms. The molecule has 0 unspecified atom stereocenters. The van der Waals surface area contributed by atoms with Crippen LogP contribution in [-0.4, -0.2) is 36.1 Å². The number of rotatable bonds is 4. The molecule has 7 nitrogen and oxygen atoms in total. The highest BCUT2D eigenvalue weighted by Gasteiger charge is 2.15. The summed E-state index contributed by atoms with van der Waals surface area (Å²) in [6.45, 7) is 1.02. The summed E-state index contributed by atoms with van der Waals surface area (Å²) in [6.07, 6.45) is 3.04. The van der Waals surface area contributed by atoms with E-state index in [0.717, 1.165) is 5.69 Å². The summed E-state index contributed by atoms with van der Waals surface area (Å²) in [5.74, 6) is 1.60. The number of benzene rings is 2. The van der Waals surface area contributed by atoms with Gasteiger partial charge in [-0.3, -0.25) is 4.79 Å². The number of nitrogens with zero attached hydrogens (tertiary/aromatic N) is 3. The van der Waals surface area contributed by atoms with Gasteiger partial charge in [-0.1, -0.05) is 18.2 Å². The van der Waals surface area contributed by atoms with Crippen LogP contribution in [0, 0.1) is 0 Å². The highest BCUT2D eigenvalue weighted by Crippen LogP contribution is 2.32. The van der Waals surface area contributed by atoms with Crippen LogP contribution in [0.5, 0.6) is 11.5 Å². The van der Waals surface area contributed by atoms with E-state index >= 15 is 0 Å². The Morgan fingerprint density at radius 2 is 1.78 bits per heavy atom. The van der Waals surface area contributed by atoms with Gasteiger partial charge in [-0.05, 0) is 24.3 Å². The fraction of sp³-hybridized carbons (Fsp3) is 0.150. The second-order valence-corrected chi connectivity index (χ2v) is 5.97. The van der Waals surface area contributed by atoms with Crippen molar-refractivity contribution < 1.29 is 14.3 Å². The van der Waals surface area contributed by atoms with Gasteiger partial charge in [-0.15, -0.1) is 0 Å². The number of hydrogen-bond donors (Lipinski definition) is 1. The summed E-state index contributed by atoms with van der Waals surface area (Å²) < 4.78 is 11.0. The topological polar surface area (TPSA) is 76.6 Å². The van der Waals surface area contributed by atoms with E-state index in [1.54, 1.807) is 24.4 Å². The van der Waals surface area contributed by atoms with Gasteiger partial charge in [-0.25, -0.2) is 9.97 Å². The first-order chi connectivity index (χ1) is 13.2. The van der Waals surface area contributed by atoms with Gasteiger partial charge in [-0.2, -0.15) is 0 Å². The van der Waals surface area contributed by atoms with E-state index < -0.39 is 0 Å². The summed E-state index contributed by atoms with van der Waals surface area (Å²) >= 11 is 0. The maximum absolute atomic E-state index is 12.4. The largest absolute Gasteiger partial charge is 0.486 e. The van der Waals surface area contributed by atoms with Crippen molar-refractivity contribution in [1.82, 2.24) is 9.97 Å². The number of anilines is 3. The SMILES string of the molecule is CN(c1ccccc1)c1cnc(C(=O)Nc2ccc3c(c2)OCCO3)cn1. The van der Waals surface area contributed by atoms with Gasteiger partial charge in [0.15, 0.2) is 17.3 Å². The average Bonchev–Trinajstić information content (AvgIpc) is 2.74. The molecular formula is C20H18N4O3. The summed E-state index contributed by atoms with van der Waals surface area (Å²) in [7, 11) is 1.90. The fourth-order valence-corrected chi connectivity index (χ4v) is 2.71. The standard InChI is InChI=1S/C20H18N4O3/c1-24(15-5-3-2-4-6-15)19-13-21-16(12-22-19)20(25)23-14-7-8-17-18(11-14)27-10-9-26-17/h2-8,11-13H,9-10H2,1H3,(H,23,25). The molecule has 27 heavy (non-hydrogen) atoms. The first kappa shape index (κ1) is 16.8. The van der Waals surface area contributed by atoms with Gasteiger partial charge in [0, 0.05) is 24.5 Å². The van der Waals surface area contributed by atoms with Crippen molar-refractivity contribution in [2.24, 2.45) is 0 Å². The second-order valence-electron chi connectivity index (χ2n) is 5.97. The quantitative estimate of drug-likeness (QED) is 0.768. The molecule has 4 rings (SSSR count). The number of carbonyl (C=O) groups is 1. The van der Waals surface area contributed by atoms with E-state index in [-0.39, 0.29) is 11.6 Å². The monoisotopic (exact) mass is 362 g/mol. The minimum Gasteiger partial charge on any atom is -0.486 e. The zero-order valence-corrected chi connectivity index (χ0v) is 14.8. The maximum Gasteiger partial charge on any atom is 0.275 e. The third kappa shape index (κ3) is 3.67. The van der Waals surface area contributed by atoms with Crippen molar-refractivity contribution in [2.75, 3.05) is 30.5 Å². The van der Waals surface area contributed by atoms with Crippen LogP contribution in [0.1, 0.15) is 10.5 Å². The first-order valence-corrected chi connectivity index (χ1v) is 8.52. The Bertz CT molecular complexity index is 945. The molecule has 0 saturated carbocycles. The zero-order chi connectivity index (χ0) is 18.6. The number of carbonyl (C=O) groups excluding carboxylic acids is 1. The number of hydrogen-bond acceptors (Lipinski definition) is 6. The Morgan fingerprint density at radius 3 is 2.52 bits per heavy atom. The molecule has 0 saturated heterocycles. The first-order valence-electron chi connectivity index (χ1n) is 8.52. The lowest BCUT2D eigenvalue weighted by molar-refractivity contribution is 0.102. The van der Waals surface area contributed by atoms with Gasteiger partial charge < -0.3 is 19.7 Å². The Morgan fingerprint density at radius 1 is 1.00 bits per heavy atom. The third-order valence-corrected chi connectivity index (χ3v) is 4.16. The van der Waals surface area contributed by atoms with Crippen molar-refractivity contribution in [2.45, 2.75) is 0 Å². The number of aromatic nitrogens is 2. The molecule has 2 aromatic carbocycles. The Hall–Kier alpha value is -3.61. The number of ether oxygens (including phenoxy) is 2. The second kappa shape index (κ2) is 7.33. The molecule has 1 N–H and O–H groups in total. The van der Waals surface area contributed by atoms with E-state index in [1.807, 2.05) is 42.3 Å². The molecule has 2 heterocycles. The molecule has 0 radical (unpaired) electrons. The lowest BCUT2D eigenvalue weighted by atomic mass is 10.2. The molecule has 0 aliphatic carbocycles. The predicted molar refractivity (Wildman–Crippen MR) is 102 cm³/mol. The van der Waals surface area contributed by atoms with E-state index in [0.29, 0.717) is 36.2 Å². The summed E-state index contributed by atoms with van der Waals surface area (Å²) in [5.41, 5.74) is 1.83. The Labute approximate surface area is 156 Å². The molecule has 1 amide bonds. The van der Waals surface area contributed by atoms with Gasteiger partial charge >= 0.3 is 0 Å². The normalized spacial score (nSPS) is 12.3. The lowest BCUT2D eigenvalue weighted by Crippen LogP contribution is -2.17. The lowest BCUT2D eigenvalue weighted by Gasteiger charge is -2.19. The summed E-state index contributed by atoms with van der Waals surface area (Å²) in [4.78, 5) is 22.9. The smallest absolute Gasteiger partial charge is 0.275 e. The van der Waals surface area contributed by atoms with Crippen molar-refractivity contribution >= 4 is 23.1 Å². The molecule has 0 fully saturated rings. The average molecular weight is 362 g/mol. The molecular weight excluding hydrogens is 344 g/mol. The number of amides is 1. The zero-order valence-electron chi connectivity index (χ0n) is 14.8. The number of fused-ring (bicyclic) bond motifs is 1. The Balaban J connectivity index is 1.46. The Kier molecular flexibility index (Phi) is 4.57. The van der Waals surface area contributed by atoms with Crippen LogP contribution >= 0.6 is 0 Å². The molecule has 0 spiro atoms. The van der Waals surface area contributed by atoms with Crippen molar-refractivity contribution in [1.29, 1.82) is 0 Å².